The van der Waals surface area contributed by atoms with Gasteiger partial charge in [0.25, 0.3) is 10.0 Å². The number of hydrogen-bond donors (Lipinski definition) is 3. The molecular formula is C18H23N3O4S2. The van der Waals surface area contributed by atoms with Crippen molar-refractivity contribution in [3.05, 3.63) is 53.5 Å². The van der Waals surface area contributed by atoms with E-state index < -0.39 is 10.0 Å². The highest BCUT2D eigenvalue weighted by Gasteiger charge is 2.20. The Morgan fingerprint density at radius 1 is 1.30 bits per heavy atom. The summed E-state index contributed by atoms with van der Waals surface area (Å²) in [6.45, 7) is 3.65. The Morgan fingerprint density at radius 2 is 2.04 bits per heavy atom. The molecule has 0 aliphatic rings. The highest BCUT2D eigenvalue weighted by atomic mass is 32.2. The number of benzene rings is 1. The molecule has 0 radical (unpaired) electrons. The molecule has 1 atom stereocenters. The molecule has 27 heavy (non-hydrogen) atoms. The van der Waals surface area contributed by atoms with E-state index in [4.69, 9.17) is 16.6 Å². The predicted octanol–water partition coefficient (Wildman–Crippen LogP) is 2.18. The van der Waals surface area contributed by atoms with Gasteiger partial charge in [0.15, 0.2) is 5.11 Å². The maximum absolute atomic E-state index is 12.5. The van der Waals surface area contributed by atoms with E-state index in [2.05, 4.69) is 15.4 Å². The van der Waals surface area contributed by atoms with Crippen LogP contribution in [0.2, 0.25) is 0 Å². The summed E-state index contributed by atoms with van der Waals surface area (Å²) < 4.78 is 32.3. The summed E-state index contributed by atoms with van der Waals surface area (Å²) in [4.78, 5) is 12.5. The Hall–Kier alpha value is -2.39. The fourth-order valence-electron chi connectivity index (χ4n) is 2.60. The van der Waals surface area contributed by atoms with E-state index in [0.717, 1.165) is 5.56 Å². The fraction of sp³-hybridized carbons (Fsp3) is 0.333. The van der Waals surface area contributed by atoms with Crippen LogP contribution in [0.5, 0.6) is 0 Å². The van der Waals surface area contributed by atoms with Crippen LogP contribution < -0.4 is 15.4 Å². The van der Waals surface area contributed by atoms with Gasteiger partial charge < -0.3 is 15.1 Å². The average Bonchev–Trinajstić information content (AvgIpc) is 3.15. The minimum atomic E-state index is -3.82. The number of thiocarbonyl (C=S) groups is 1. The molecule has 1 amide bonds. The van der Waals surface area contributed by atoms with E-state index >= 15 is 0 Å². The first kappa shape index (κ1) is 20.9. The molecule has 3 N–H and O–H groups in total. The average molecular weight is 410 g/mol. The summed E-state index contributed by atoms with van der Waals surface area (Å²) in [5.41, 5.74) is 2.05. The minimum absolute atomic E-state index is 0.00319. The number of carbonyl (C=O) groups is 1. The normalized spacial score (nSPS) is 12.3. The lowest BCUT2D eigenvalue weighted by atomic mass is 10.1. The van der Waals surface area contributed by atoms with Gasteiger partial charge in [0.1, 0.15) is 0 Å². The largest absolute Gasteiger partial charge is 0.472 e. The number of rotatable bonds is 7. The van der Waals surface area contributed by atoms with Crippen molar-refractivity contribution in [2.75, 3.05) is 7.05 Å². The highest BCUT2D eigenvalue weighted by molar-refractivity contribution is 7.91. The molecule has 0 saturated heterocycles. The number of sulfonamides is 1. The smallest absolute Gasteiger partial charge is 0.263 e. The van der Waals surface area contributed by atoms with Crippen LogP contribution in [0, 0.1) is 6.92 Å². The molecule has 0 saturated carbocycles. The van der Waals surface area contributed by atoms with Crippen LogP contribution in [0.15, 0.2) is 46.1 Å². The van der Waals surface area contributed by atoms with E-state index in [1.54, 1.807) is 37.6 Å². The van der Waals surface area contributed by atoms with Crippen molar-refractivity contribution in [2.45, 2.75) is 37.6 Å². The molecule has 0 bridgehead atoms. The molecule has 1 heterocycles. The monoisotopic (exact) mass is 409 g/mol. The lowest BCUT2D eigenvalue weighted by molar-refractivity contribution is -0.121. The van der Waals surface area contributed by atoms with E-state index in [0.29, 0.717) is 17.5 Å². The molecule has 2 aromatic rings. The molecular weight excluding hydrogens is 386 g/mol. The second-order valence-corrected chi connectivity index (χ2v) is 8.11. The molecule has 146 valence electrons. The van der Waals surface area contributed by atoms with Gasteiger partial charge in [0, 0.05) is 12.6 Å². The van der Waals surface area contributed by atoms with Crippen molar-refractivity contribution < 1.29 is 17.6 Å². The van der Waals surface area contributed by atoms with Crippen LogP contribution in [-0.2, 0) is 21.2 Å². The van der Waals surface area contributed by atoms with Crippen molar-refractivity contribution in [3.8, 4) is 0 Å². The number of nitrogens with one attached hydrogen (secondary N) is 3. The van der Waals surface area contributed by atoms with E-state index in [1.165, 1.54) is 13.1 Å². The Labute approximate surface area is 164 Å². The predicted molar refractivity (Wildman–Crippen MR) is 107 cm³/mol. The van der Waals surface area contributed by atoms with E-state index in [-0.39, 0.29) is 28.4 Å². The molecule has 1 aromatic carbocycles. The summed E-state index contributed by atoms with van der Waals surface area (Å²) in [6, 6.07) is 6.56. The topological polar surface area (TPSA) is 100 Å². The summed E-state index contributed by atoms with van der Waals surface area (Å²) in [7, 11) is -2.29. The Bertz CT molecular complexity index is 909. The second-order valence-electron chi connectivity index (χ2n) is 6.05. The van der Waals surface area contributed by atoms with Gasteiger partial charge in [-0.2, -0.15) is 0 Å². The van der Waals surface area contributed by atoms with Crippen molar-refractivity contribution in [3.63, 3.8) is 0 Å². The SMILES string of the molecule is CCC(NC(=O)Cc1ccc(C)c(S(=O)(=O)NC(=S)NC)c1)c1ccoc1. The van der Waals surface area contributed by atoms with Gasteiger partial charge in [-0.25, -0.2) is 8.42 Å². The Balaban J connectivity index is 2.15. The molecule has 1 unspecified atom stereocenters. The third kappa shape index (κ3) is 5.54. The van der Waals surface area contributed by atoms with Gasteiger partial charge >= 0.3 is 0 Å². The van der Waals surface area contributed by atoms with Crippen LogP contribution in [0.1, 0.15) is 36.1 Å². The van der Waals surface area contributed by atoms with Gasteiger partial charge in [-0.05, 0) is 48.8 Å². The number of carbonyl (C=O) groups excluding carboxylic acids is 1. The van der Waals surface area contributed by atoms with Crippen molar-refractivity contribution in [1.82, 2.24) is 15.4 Å². The van der Waals surface area contributed by atoms with Crippen LogP contribution in [-0.4, -0.2) is 26.5 Å². The van der Waals surface area contributed by atoms with Crippen molar-refractivity contribution in [1.29, 1.82) is 0 Å². The molecule has 2 rings (SSSR count). The molecule has 0 spiro atoms. The number of hydrogen-bond acceptors (Lipinski definition) is 5. The van der Waals surface area contributed by atoms with Crippen molar-refractivity contribution >= 4 is 33.3 Å². The molecule has 1 aromatic heterocycles. The molecule has 0 fully saturated rings. The van der Waals surface area contributed by atoms with E-state index in [9.17, 15) is 13.2 Å². The first-order valence-electron chi connectivity index (χ1n) is 8.42. The van der Waals surface area contributed by atoms with Crippen LogP contribution >= 0.6 is 12.2 Å². The van der Waals surface area contributed by atoms with Gasteiger partial charge in [-0.1, -0.05) is 19.1 Å². The minimum Gasteiger partial charge on any atom is -0.472 e. The zero-order chi connectivity index (χ0) is 20.0. The number of amides is 1. The summed E-state index contributed by atoms with van der Waals surface area (Å²) in [5, 5.41) is 5.51. The molecule has 7 nitrogen and oxygen atoms in total. The van der Waals surface area contributed by atoms with Crippen LogP contribution in [0.4, 0.5) is 0 Å². The molecule has 9 heteroatoms. The van der Waals surface area contributed by atoms with Gasteiger partial charge in [0.2, 0.25) is 5.91 Å². The second kappa shape index (κ2) is 9.01. The summed E-state index contributed by atoms with van der Waals surface area (Å²) >= 11 is 4.88. The van der Waals surface area contributed by atoms with Gasteiger partial charge in [-0.15, -0.1) is 0 Å². The van der Waals surface area contributed by atoms with Crippen molar-refractivity contribution in [2.24, 2.45) is 0 Å². The zero-order valence-corrected chi connectivity index (χ0v) is 17.0. The van der Waals surface area contributed by atoms with Crippen LogP contribution in [0.25, 0.3) is 0 Å². The maximum Gasteiger partial charge on any atom is 0.263 e. The standard InChI is InChI=1S/C18H23N3O4S2/c1-4-15(14-7-8-25-11-14)20-17(22)10-13-6-5-12(2)16(9-13)27(23,24)21-18(26)19-3/h5-9,11,15H,4,10H2,1-3H3,(H,20,22)(H2,19,21,26). The number of aryl methyl sites for hydroxylation is 1. The lowest BCUT2D eigenvalue weighted by Crippen LogP contribution is -2.37. The summed E-state index contributed by atoms with van der Waals surface area (Å²) in [5.74, 6) is -0.200. The summed E-state index contributed by atoms with van der Waals surface area (Å²) in [6.07, 6.45) is 3.93. The maximum atomic E-state index is 12.5. The van der Waals surface area contributed by atoms with Gasteiger partial charge in [0.05, 0.1) is 29.9 Å². The lowest BCUT2D eigenvalue weighted by Gasteiger charge is -2.16. The van der Waals surface area contributed by atoms with E-state index in [1.807, 2.05) is 6.92 Å². The Morgan fingerprint density at radius 3 is 2.63 bits per heavy atom. The highest BCUT2D eigenvalue weighted by Crippen LogP contribution is 2.19. The first-order valence-corrected chi connectivity index (χ1v) is 10.3. The zero-order valence-electron chi connectivity index (χ0n) is 15.4. The first-order chi connectivity index (χ1) is 12.8. The molecule has 0 aliphatic heterocycles. The van der Waals surface area contributed by atoms with Crippen LogP contribution in [0.3, 0.4) is 0 Å². The fourth-order valence-corrected chi connectivity index (χ4v) is 4.18. The van der Waals surface area contributed by atoms with Gasteiger partial charge in [-0.3, -0.25) is 9.52 Å². The quantitative estimate of drug-likeness (QED) is 0.606. The Kier molecular flexibility index (Phi) is 6.98. The third-order valence-corrected chi connectivity index (χ3v) is 5.98. The third-order valence-electron chi connectivity index (χ3n) is 4.05. The number of furan rings is 1. The molecule has 0 aliphatic carbocycles.